The van der Waals surface area contributed by atoms with Gasteiger partial charge in [0.1, 0.15) is 6.61 Å². The standard InChI is InChI=1S/C27H35NO2/c1-19(27-14-21-11-22(15-27)13-23(12-21)16-27)28-17-24-9-6-10-25(29-2)26(24)30-18-20-7-4-3-5-8-20/h3-10,19,21-23,28H,11-18H2,1-2H3. The third-order valence-corrected chi connectivity index (χ3v) is 8.11. The Balaban J connectivity index is 1.29. The first-order chi connectivity index (χ1) is 14.6. The number of hydrogen-bond donors (Lipinski definition) is 1. The van der Waals surface area contributed by atoms with E-state index in [1.807, 2.05) is 12.1 Å². The Labute approximate surface area is 181 Å². The molecule has 4 aliphatic carbocycles. The third kappa shape index (κ3) is 3.85. The van der Waals surface area contributed by atoms with E-state index in [1.165, 1.54) is 49.7 Å². The van der Waals surface area contributed by atoms with Gasteiger partial charge in [-0.25, -0.2) is 0 Å². The molecule has 160 valence electrons. The quantitative estimate of drug-likeness (QED) is 0.587. The van der Waals surface area contributed by atoms with E-state index >= 15 is 0 Å². The normalized spacial score (nSPS) is 30.3. The highest BCUT2D eigenvalue weighted by atomic mass is 16.5. The van der Waals surface area contributed by atoms with Crippen molar-refractivity contribution in [2.24, 2.45) is 23.2 Å². The molecule has 3 nitrogen and oxygen atoms in total. The number of rotatable bonds is 8. The molecule has 3 heteroatoms. The fourth-order valence-electron chi connectivity index (χ4n) is 6.94. The summed E-state index contributed by atoms with van der Waals surface area (Å²) in [7, 11) is 1.72. The molecule has 0 radical (unpaired) electrons. The van der Waals surface area contributed by atoms with Crippen LogP contribution in [0, 0.1) is 23.2 Å². The minimum absolute atomic E-state index is 0.513. The number of ether oxygens (including phenoxy) is 2. The van der Waals surface area contributed by atoms with Crippen molar-refractivity contribution in [1.82, 2.24) is 5.32 Å². The van der Waals surface area contributed by atoms with Crippen LogP contribution in [0.2, 0.25) is 0 Å². The van der Waals surface area contributed by atoms with Gasteiger partial charge in [0.15, 0.2) is 11.5 Å². The van der Waals surface area contributed by atoms with Gasteiger partial charge in [-0.3, -0.25) is 0 Å². The number of para-hydroxylation sites is 1. The molecule has 0 spiro atoms. The van der Waals surface area contributed by atoms with E-state index in [-0.39, 0.29) is 0 Å². The second-order valence-electron chi connectivity index (χ2n) is 10.1. The van der Waals surface area contributed by atoms with E-state index in [0.717, 1.165) is 35.8 Å². The molecule has 0 aliphatic heterocycles. The van der Waals surface area contributed by atoms with Crippen LogP contribution in [-0.2, 0) is 13.2 Å². The number of hydrogen-bond acceptors (Lipinski definition) is 3. The van der Waals surface area contributed by atoms with Gasteiger partial charge in [-0.05, 0) is 80.2 Å². The summed E-state index contributed by atoms with van der Waals surface area (Å²) in [4.78, 5) is 0. The molecule has 0 amide bonds. The van der Waals surface area contributed by atoms with Crippen LogP contribution in [0.5, 0.6) is 11.5 Å². The zero-order valence-corrected chi connectivity index (χ0v) is 18.4. The van der Waals surface area contributed by atoms with Crippen LogP contribution in [-0.4, -0.2) is 13.2 Å². The molecule has 30 heavy (non-hydrogen) atoms. The summed E-state index contributed by atoms with van der Waals surface area (Å²) in [5.41, 5.74) is 2.87. The first-order valence-corrected chi connectivity index (χ1v) is 11.7. The number of benzene rings is 2. The number of methoxy groups -OCH3 is 1. The van der Waals surface area contributed by atoms with E-state index < -0.39 is 0 Å². The Morgan fingerprint density at radius 3 is 2.23 bits per heavy atom. The van der Waals surface area contributed by atoms with E-state index in [9.17, 15) is 0 Å². The van der Waals surface area contributed by atoms with Crippen LogP contribution in [0.25, 0.3) is 0 Å². The fourth-order valence-corrected chi connectivity index (χ4v) is 6.94. The molecule has 4 saturated carbocycles. The van der Waals surface area contributed by atoms with Crippen molar-refractivity contribution in [1.29, 1.82) is 0 Å². The smallest absolute Gasteiger partial charge is 0.166 e. The van der Waals surface area contributed by atoms with Crippen molar-refractivity contribution in [2.45, 2.75) is 64.6 Å². The Hall–Kier alpha value is -2.00. The Bertz CT molecular complexity index is 827. The molecule has 4 aliphatic rings. The molecule has 1 unspecified atom stereocenters. The van der Waals surface area contributed by atoms with Gasteiger partial charge in [0, 0.05) is 18.2 Å². The highest BCUT2D eigenvalue weighted by Crippen LogP contribution is 2.61. The van der Waals surface area contributed by atoms with E-state index in [0.29, 0.717) is 18.1 Å². The lowest BCUT2D eigenvalue weighted by atomic mass is 9.48. The van der Waals surface area contributed by atoms with Crippen LogP contribution in [0.1, 0.15) is 56.6 Å². The van der Waals surface area contributed by atoms with Crippen molar-refractivity contribution in [3.8, 4) is 11.5 Å². The molecule has 1 N–H and O–H groups in total. The summed E-state index contributed by atoms with van der Waals surface area (Å²) in [6.45, 7) is 3.81. The van der Waals surface area contributed by atoms with Gasteiger partial charge in [-0.15, -0.1) is 0 Å². The van der Waals surface area contributed by atoms with E-state index in [2.05, 4.69) is 48.6 Å². The zero-order chi connectivity index (χ0) is 20.6. The summed E-state index contributed by atoms with van der Waals surface area (Å²) < 4.78 is 11.9. The SMILES string of the molecule is COc1cccc(CNC(C)C23CC4CC(CC(C4)C2)C3)c1OCc1ccccc1. The summed E-state index contributed by atoms with van der Waals surface area (Å²) in [6.07, 6.45) is 8.80. The maximum absolute atomic E-state index is 6.26. The van der Waals surface area contributed by atoms with Crippen LogP contribution >= 0.6 is 0 Å². The average Bonchev–Trinajstić information content (AvgIpc) is 2.76. The van der Waals surface area contributed by atoms with Gasteiger partial charge in [0.25, 0.3) is 0 Å². The highest BCUT2D eigenvalue weighted by Gasteiger charge is 2.52. The predicted molar refractivity (Wildman–Crippen MR) is 121 cm³/mol. The lowest BCUT2D eigenvalue weighted by molar-refractivity contribution is -0.0706. The minimum atomic E-state index is 0.513. The number of nitrogens with one attached hydrogen (secondary N) is 1. The summed E-state index contributed by atoms with van der Waals surface area (Å²) in [6, 6.07) is 17.1. The Morgan fingerprint density at radius 2 is 1.60 bits per heavy atom. The van der Waals surface area contributed by atoms with Crippen LogP contribution in [0.15, 0.2) is 48.5 Å². The summed E-state index contributed by atoms with van der Waals surface area (Å²) in [5.74, 6) is 4.65. The largest absolute Gasteiger partial charge is 0.493 e. The molecule has 2 aromatic rings. The topological polar surface area (TPSA) is 30.5 Å². The van der Waals surface area contributed by atoms with Crippen molar-refractivity contribution in [2.75, 3.05) is 7.11 Å². The molecule has 0 aromatic heterocycles. The van der Waals surface area contributed by atoms with Crippen LogP contribution < -0.4 is 14.8 Å². The first-order valence-electron chi connectivity index (χ1n) is 11.7. The molecular formula is C27H35NO2. The van der Waals surface area contributed by atoms with Crippen molar-refractivity contribution in [3.63, 3.8) is 0 Å². The van der Waals surface area contributed by atoms with Crippen molar-refractivity contribution < 1.29 is 9.47 Å². The van der Waals surface area contributed by atoms with Gasteiger partial charge in [0.2, 0.25) is 0 Å². The lowest BCUT2D eigenvalue weighted by Gasteiger charge is -2.59. The summed E-state index contributed by atoms with van der Waals surface area (Å²) >= 11 is 0. The maximum Gasteiger partial charge on any atom is 0.166 e. The molecule has 1 atom stereocenters. The second kappa shape index (κ2) is 8.26. The van der Waals surface area contributed by atoms with Gasteiger partial charge < -0.3 is 14.8 Å². The molecule has 2 aromatic carbocycles. The Morgan fingerprint density at radius 1 is 0.933 bits per heavy atom. The molecule has 0 heterocycles. The highest BCUT2D eigenvalue weighted by molar-refractivity contribution is 5.46. The minimum Gasteiger partial charge on any atom is -0.493 e. The van der Waals surface area contributed by atoms with Crippen LogP contribution in [0.3, 0.4) is 0 Å². The molecule has 4 fully saturated rings. The lowest BCUT2D eigenvalue weighted by Crippen LogP contribution is -2.54. The predicted octanol–water partition coefficient (Wildman–Crippen LogP) is 5.97. The summed E-state index contributed by atoms with van der Waals surface area (Å²) in [5, 5.41) is 3.91. The first kappa shape index (κ1) is 19.9. The van der Waals surface area contributed by atoms with Gasteiger partial charge in [0.05, 0.1) is 7.11 Å². The Kier molecular flexibility index (Phi) is 5.49. The fraction of sp³-hybridized carbons (Fsp3) is 0.556. The maximum atomic E-state index is 6.26. The molecular weight excluding hydrogens is 370 g/mol. The van der Waals surface area contributed by atoms with Crippen molar-refractivity contribution in [3.05, 3.63) is 59.7 Å². The van der Waals surface area contributed by atoms with Gasteiger partial charge in [-0.1, -0.05) is 42.5 Å². The third-order valence-electron chi connectivity index (χ3n) is 8.11. The zero-order valence-electron chi connectivity index (χ0n) is 18.4. The molecule has 0 saturated heterocycles. The molecule has 6 rings (SSSR count). The monoisotopic (exact) mass is 405 g/mol. The molecule has 4 bridgehead atoms. The van der Waals surface area contributed by atoms with Gasteiger partial charge in [-0.2, -0.15) is 0 Å². The van der Waals surface area contributed by atoms with E-state index in [4.69, 9.17) is 9.47 Å². The van der Waals surface area contributed by atoms with Gasteiger partial charge >= 0.3 is 0 Å². The van der Waals surface area contributed by atoms with Crippen molar-refractivity contribution >= 4 is 0 Å². The van der Waals surface area contributed by atoms with Crippen LogP contribution in [0.4, 0.5) is 0 Å². The second-order valence-corrected chi connectivity index (χ2v) is 10.1. The average molecular weight is 406 g/mol. The van der Waals surface area contributed by atoms with E-state index in [1.54, 1.807) is 7.11 Å².